The Labute approximate surface area is 202 Å². The molecule has 3 aromatic rings. The molecule has 4 nitrogen and oxygen atoms in total. The highest BCUT2D eigenvalue weighted by molar-refractivity contribution is 5.95. The van der Waals surface area contributed by atoms with Crippen LogP contribution in [-0.4, -0.2) is 11.4 Å². The van der Waals surface area contributed by atoms with Gasteiger partial charge in [-0.25, -0.2) is 0 Å². The van der Waals surface area contributed by atoms with Gasteiger partial charge < -0.3 is 15.4 Å². The van der Waals surface area contributed by atoms with E-state index in [1.165, 1.54) is 11.1 Å². The largest absolute Gasteiger partial charge is 0.489 e. The fraction of sp³-hybridized carbons (Fsp3) is 0.300. The Balaban J connectivity index is 1.34. The lowest BCUT2D eigenvalue weighted by Gasteiger charge is -2.38. The zero-order valence-corrected chi connectivity index (χ0v) is 20.0. The van der Waals surface area contributed by atoms with E-state index in [2.05, 4.69) is 71.3 Å². The first-order valence-corrected chi connectivity index (χ1v) is 12.0. The highest BCUT2D eigenvalue weighted by atomic mass is 16.5. The summed E-state index contributed by atoms with van der Waals surface area (Å²) in [5.74, 6) is 1.57. The minimum absolute atomic E-state index is 0.0259. The van der Waals surface area contributed by atoms with Crippen LogP contribution in [0.5, 0.6) is 5.75 Å². The van der Waals surface area contributed by atoms with Crippen LogP contribution < -0.4 is 15.4 Å². The van der Waals surface area contributed by atoms with Crippen LogP contribution in [0.3, 0.4) is 0 Å². The fourth-order valence-corrected chi connectivity index (χ4v) is 4.99. The van der Waals surface area contributed by atoms with Gasteiger partial charge in [0, 0.05) is 22.7 Å². The average molecular weight is 453 g/mol. The number of benzene rings is 3. The summed E-state index contributed by atoms with van der Waals surface area (Å²) in [5, 5.41) is 6.84. The molecule has 0 saturated carbocycles. The number of rotatable bonds is 5. The number of nitrogens with one attached hydrogen (secondary N) is 2. The molecule has 34 heavy (non-hydrogen) atoms. The number of amides is 1. The van der Waals surface area contributed by atoms with Crippen molar-refractivity contribution in [2.45, 2.75) is 51.3 Å². The van der Waals surface area contributed by atoms with Gasteiger partial charge in [0.1, 0.15) is 12.4 Å². The maximum absolute atomic E-state index is 12.7. The first-order valence-electron chi connectivity index (χ1n) is 12.0. The van der Waals surface area contributed by atoms with E-state index in [1.807, 2.05) is 45.0 Å². The zero-order chi connectivity index (χ0) is 23.7. The number of carbonyl (C=O) groups excluding carboxylic acids is 1. The molecule has 4 heteroatoms. The smallest absolute Gasteiger partial charge is 0.251 e. The van der Waals surface area contributed by atoms with Crippen LogP contribution >= 0.6 is 0 Å². The standard InChI is InChI=1S/C30H32N2O2/c1-30(2,3)32-29(33)22-14-17-27-26(18-22)24-10-7-11-25(24)28(31-27)21-12-15-23(16-13-21)34-19-20-8-5-4-6-9-20/h4-10,12-18,24-25,28,31H,11,19H2,1-3H3,(H,32,33). The Bertz CT molecular complexity index is 1190. The summed E-state index contributed by atoms with van der Waals surface area (Å²) in [6.07, 6.45) is 5.60. The molecular formula is C30H32N2O2. The van der Waals surface area contributed by atoms with Crippen molar-refractivity contribution in [2.75, 3.05) is 5.32 Å². The minimum atomic E-state index is -0.261. The topological polar surface area (TPSA) is 50.4 Å². The Morgan fingerprint density at radius 3 is 2.53 bits per heavy atom. The fourth-order valence-electron chi connectivity index (χ4n) is 4.99. The lowest BCUT2D eigenvalue weighted by molar-refractivity contribution is 0.0919. The summed E-state index contributed by atoms with van der Waals surface area (Å²) in [6.45, 7) is 6.57. The predicted molar refractivity (Wildman–Crippen MR) is 137 cm³/mol. The van der Waals surface area contributed by atoms with Crippen molar-refractivity contribution >= 4 is 11.6 Å². The van der Waals surface area contributed by atoms with Crippen LogP contribution in [0.25, 0.3) is 0 Å². The molecule has 0 fully saturated rings. The van der Waals surface area contributed by atoms with Gasteiger partial charge in [-0.3, -0.25) is 4.79 Å². The molecular weight excluding hydrogens is 420 g/mol. The van der Waals surface area contributed by atoms with Gasteiger partial charge >= 0.3 is 0 Å². The van der Waals surface area contributed by atoms with E-state index in [1.54, 1.807) is 0 Å². The van der Waals surface area contributed by atoms with Gasteiger partial charge in [-0.05, 0) is 80.1 Å². The maximum Gasteiger partial charge on any atom is 0.251 e. The first kappa shape index (κ1) is 22.3. The number of allylic oxidation sites excluding steroid dienone is 2. The van der Waals surface area contributed by atoms with E-state index >= 15 is 0 Å². The van der Waals surface area contributed by atoms with Gasteiger partial charge in [0.25, 0.3) is 5.91 Å². The van der Waals surface area contributed by atoms with Crippen molar-refractivity contribution in [3.63, 3.8) is 0 Å². The van der Waals surface area contributed by atoms with Crippen LogP contribution in [-0.2, 0) is 6.61 Å². The van der Waals surface area contributed by atoms with Gasteiger partial charge in [-0.1, -0.05) is 54.6 Å². The number of hydrogen-bond donors (Lipinski definition) is 2. The third-order valence-corrected chi connectivity index (χ3v) is 6.60. The summed E-state index contributed by atoms with van der Waals surface area (Å²) in [5.41, 5.74) is 5.18. The van der Waals surface area contributed by atoms with Crippen molar-refractivity contribution in [1.82, 2.24) is 5.32 Å². The second-order valence-corrected chi connectivity index (χ2v) is 10.3. The number of carbonyl (C=O) groups is 1. The minimum Gasteiger partial charge on any atom is -0.489 e. The molecule has 5 rings (SSSR count). The van der Waals surface area contributed by atoms with Crippen LogP contribution in [0, 0.1) is 5.92 Å². The summed E-state index contributed by atoms with van der Waals surface area (Å²) in [7, 11) is 0. The van der Waals surface area contributed by atoms with E-state index in [9.17, 15) is 4.79 Å². The number of ether oxygens (including phenoxy) is 1. The van der Waals surface area contributed by atoms with Crippen molar-refractivity contribution in [2.24, 2.45) is 5.92 Å². The van der Waals surface area contributed by atoms with Gasteiger partial charge in [0.05, 0.1) is 6.04 Å². The Morgan fingerprint density at radius 2 is 1.79 bits per heavy atom. The highest BCUT2D eigenvalue weighted by Gasteiger charge is 2.38. The first-order chi connectivity index (χ1) is 16.4. The van der Waals surface area contributed by atoms with E-state index < -0.39 is 0 Å². The van der Waals surface area contributed by atoms with Crippen molar-refractivity contribution in [3.05, 3.63) is 107 Å². The monoisotopic (exact) mass is 452 g/mol. The molecule has 0 spiro atoms. The Hall–Kier alpha value is -3.53. The SMILES string of the molecule is CC(C)(C)NC(=O)c1ccc2c(c1)C1C=CCC1C(c1ccc(OCc3ccccc3)cc1)N2. The number of anilines is 1. The third-order valence-electron chi connectivity index (χ3n) is 6.60. The molecule has 0 saturated heterocycles. The Morgan fingerprint density at radius 1 is 1.03 bits per heavy atom. The van der Waals surface area contributed by atoms with Gasteiger partial charge in [-0.15, -0.1) is 0 Å². The van der Waals surface area contributed by atoms with Crippen molar-refractivity contribution in [3.8, 4) is 5.75 Å². The molecule has 3 atom stereocenters. The molecule has 1 heterocycles. The number of fused-ring (bicyclic) bond motifs is 3. The zero-order valence-electron chi connectivity index (χ0n) is 20.0. The number of hydrogen-bond acceptors (Lipinski definition) is 3. The van der Waals surface area contributed by atoms with Crippen LogP contribution in [0.4, 0.5) is 5.69 Å². The summed E-state index contributed by atoms with van der Waals surface area (Å²) < 4.78 is 5.98. The van der Waals surface area contributed by atoms with Gasteiger partial charge in [0.2, 0.25) is 0 Å². The van der Waals surface area contributed by atoms with E-state index in [-0.39, 0.29) is 17.5 Å². The lowest BCUT2D eigenvalue weighted by Crippen LogP contribution is -2.40. The Kier molecular flexibility index (Phi) is 5.91. The predicted octanol–water partition coefficient (Wildman–Crippen LogP) is 6.62. The average Bonchev–Trinajstić information content (AvgIpc) is 3.32. The summed E-state index contributed by atoms with van der Waals surface area (Å²) in [4.78, 5) is 12.7. The third kappa shape index (κ3) is 4.72. The molecule has 3 aromatic carbocycles. The molecule has 0 aromatic heterocycles. The molecule has 0 bridgehead atoms. The maximum atomic E-state index is 12.7. The van der Waals surface area contributed by atoms with Crippen LogP contribution in [0.1, 0.15) is 66.2 Å². The second kappa shape index (κ2) is 9.02. The van der Waals surface area contributed by atoms with E-state index in [0.29, 0.717) is 24.0 Å². The summed E-state index contributed by atoms with van der Waals surface area (Å²) >= 11 is 0. The van der Waals surface area contributed by atoms with E-state index in [0.717, 1.165) is 23.4 Å². The van der Waals surface area contributed by atoms with Crippen molar-refractivity contribution in [1.29, 1.82) is 0 Å². The van der Waals surface area contributed by atoms with E-state index in [4.69, 9.17) is 4.74 Å². The molecule has 1 amide bonds. The molecule has 3 unspecified atom stereocenters. The quantitative estimate of drug-likeness (QED) is 0.428. The molecule has 2 N–H and O–H groups in total. The second-order valence-electron chi connectivity index (χ2n) is 10.3. The summed E-state index contributed by atoms with van der Waals surface area (Å²) in [6, 6.07) is 24.9. The molecule has 2 aliphatic rings. The van der Waals surface area contributed by atoms with Gasteiger partial charge in [0.15, 0.2) is 0 Å². The molecule has 1 aliphatic carbocycles. The van der Waals surface area contributed by atoms with Crippen molar-refractivity contribution < 1.29 is 9.53 Å². The lowest BCUT2D eigenvalue weighted by atomic mass is 9.76. The molecule has 0 radical (unpaired) electrons. The highest BCUT2D eigenvalue weighted by Crippen LogP contribution is 2.50. The van der Waals surface area contributed by atoms with Crippen LogP contribution in [0.2, 0.25) is 0 Å². The van der Waals surface area contributed by atoms with Gasteiger partial charge in [-0.2, -0.15) is 0 Å². The molecule has 1 aliphatic heterocycles. The van der Waals surface area contributed by atoms with Crippen LogP contribution in [0.15, 0.2) is 84.9 Å². The molecule has 174 valence electrons. The normalized spacial score (nSPS) is 20.7.